The summed E-state index contributed by atoms with van der Waals surface area (Å²) in [6.07, 6.45) is 8.94. The minimum Gasteiger partial charge on any atom is -0.305 e. The molecule has 0 saturated heterocycles. The molecule has 138 valence electrons. The molecule has 26 heavy (non-hydrogen) atoms. The molecule has 0 saturated carbocycles. The number of hydrogen-bond acceptors (Lipinski definition) is 4. The Hall–Kier alpha value is -2.06. The van der Waals surface area contributed by atoms with Crippen molar-refractivity contribution in [1.82, 2.24) is 10.9 Å². The van der Waals surface area contributed by atoms with Gasteiger partial charge in [-0.05, 0) is 62.5 Å². The van der Waals surface area contributed by atoms with Gasteiger partial charge in [0.05, 0.1) is 11.4 Å². The second-order valence-corrected chi connectivity index (χ2v) is 8.60. The summed E-state index contributed by atoms with van der Waals surface area (Å²) in [5.41, 5.74) is 9.03. The van der Waals surface area contributed by atoms with E-state index in [-0.39, 0.29) is 0 Å². The number of fused-ring (bicyclic) bond motifs is 2. The van der Waals surface area contributed by atoms with E-state index in [9.17, 15) is 9.59 Å². The van der Waals surface area contributed by atoms with Crippen molar-refractivity contribution in [2.24, 2.45) is 0 Å². The van der Waals surface area contributed by atoms with Crippen molar-refractivity contribution in [3.63, 3.8) is 0 Å². The highest BCUT2D eigenvalue weighted by molar-refractivity contribution is 7.11. The number of thiophene rings is 2. The molecule has 2 aromatic rings. The van der Waals surface area contributed by atoms with Gasteiger partial charge in [0.25, 0.3) is 0 Å². The van der Waals surface area contributed by atoms with Crippen molar-refractivity contribution in [2.45, 2.75) is 51.4 Å². The van der Waals surface area contributed by atoms with Gasteiger partial charge in [-0.1, -0.05) is 0 Å². The third-order valence-electron chi connectivity index (χ3n) is 4.91. The maximum Gasteiger partial charge on any atom is 0.338 e. The van der Waals surface area contributed by atoms with Crippen molar-refractivity contribution >= 4 is 46.1 Å². The van der Waals surface area contributed by atoms with E-state index in [4.69, 9.17) is 0 Å². The second kappa shape index (κ2) is 7.67. The fourth-order valence-corrected chi connectivity index (χ4v) is 5.77. The van der Waals surface area contributed by atoms with Gasteiger partial charge in [0, 0.05) is 20.5 Å². The van der Waals surface area contributed by atoms with E-state index in [1.807, 2.05) is 10.8 Å². The Bertz CT molecular complexity index is 759. The fraction of sp³-hybridized carbons (Fsp3) is 0.444. The highest BCUT2D eigenvalue weighted by Crippen LogP contribution is 2.34. The zero-order chi connectivity index (χ0) is 17.9. The molecule has 0 radical (unpaired) electrons. The normalized spacial score (nSPS) is 15.5. The van der Waals surface area contributed by atoms with Crippen molar-refractivity contribution < 1.29 is 9.59 Å². The topological polar surface area (TPSA) is 82.3 Å². The number of anilines is 2. The maximum atomic E-state index is 12.1. The summed E-state index contributed by atoms with van der Waals surface area (Å²) in [5.74, 6) is 0. The standard InChI is InChI=1S/C18H22N4O2S2/c23-17(19-13-9-25-15-7-3-1-5-11(13)15)21-22-18(24)20-14-10-26-16-8-4-2-6-12(14)16/h9-10H,1-8H2,(H2,19,21,23)(H2,20,22,24). The van der Waals surface area contributed by atoms with Crippen LogP contribution in [0.2, 0.25) is 0 Å². The summed E-state index contributed by atoms with van der Waals surface area (Å²) >= 11 is 3.39. The molecule has 4 amide bonds. The predicted molar refractivity (Wildman–Crippen MR) is 106 cm³/mol. The van der Waals surface area contributed by atoms with E-state index in [1.165, 1.54) is 33.7 Å². The third kappa shape index (κ3) is 3.71. The molecule has 0 bridgehead atoms. The molecule has 0 unspecified atom stereocenters. The van der Waals surface area contributed by atoms with E-state index in [2.05, 4.69) is 21.5 Å². The van der Waals surface area contributed by atoms with Gasteiger partial charge in [-0.2, -0.15) is 0 Å². The lowest BCUT2D eigenvalue weighted by Gasteiger charge is -2.15. The van der Waals surface area contributed by atoms with Crippen molar-refractivity contribution in [3.8, 4) is 0 Å². The van der Waals surface area contributed by atoms with Gasteiger partial charge >= 0.3 is 12.1 Å². The van der Waals surface area contributed by atoms with Crippen LogP contribution < -0.4 is 21.5 Å². The van der Waals surface area contributed by atoms with Crippen molar-refractivity contribution in [1.29, 1.82) is 0 Å². The van der Waals surface area contributed by atoms with E-state index in [0.29, 0.717) is 0 Å². The number of urea groups is 2. The van der Waals surface area contributed by atoms with E-state index < -0.39 is 12.1 Å². The lowest BCUT2D eigenvalue weighted by Crippen LogP contribution is -2.46. The first-order valence-electron chi connectivity index (χ1n) is 9.03. The van der Waals surface area contributed by atoms with Crippen LogP contribution in [0.4, 0.5) is 21.0 Å². The number of amides is 4. The monoisotopic (exact) mass is 390 g/mol. The number of nitrogens with one attached hydrogen (secondary N) is 4. The quantitative estimate of drug-likeness (QED) is 0.572. The average Bonchev–Trinajstić information content (AvgIpc) is 3.25. The lowest BCUT2D eigenvalue weighted by atomic mass is 9.98. The number of aryl methyl sites for hydroxylation is 2. The molecule has 0 atom stereocenters. The largest absolute Gasteiger partial charge is 0.338 e. The third-order valence-corrected chi connectivity index (χ3v) is 7.09. The number of rotatable bonds is 2. The molecule has 0 aromatic carbocycles. The smallest absolute Gasteiger partial charge is 0.305 e. The predicted octanol–water partition coefficient (Wildman–Crippen LogP) is 4.43. The van der Waals surface area contributed by atoms with Gasteiger partial charge in [0.15, 0.2) is 0 Å². The molecule has 2 heterocycles. The summed E-state index contributed by atoms with van der Waals surface area (Å²) in [7, 11) is 0. The molecular formula is C18H22N4O2S2. The summed E-state index contributed by atoms with van der Waals surface area (Å²) in [5, 5.41) is 9.63. The van der Waals surface area contributed by atoms with Gasteiger partial charge in [-0.15, -0.1) is 22.7 Å². The molecule has 0 aliphatic heterocycles. The Morgan fingerprint density at radius 2 is 1.12 bits per heavy atom. The van der Waals surface area contributed by atoms with Crippen LogP contribution >= 0.6 is 22.7 Å². The van der Waals surface area contributed by atoms with Crippen LogP contribution in [0.15, 0.2) is 10.8 Å². The minimum atomic E-state index is -0.432. The van der Waals surface area contributed by atoms with Gasteiger partial charge in [0.1, 0.15) is 0 Å². The molecule has 2 aromatic heterocycles. The number of hydrazine groups is 1. The van der Waals surface area contributed by atoms with Gasteiger partial charge < -0.3 is 10.6 Å². The van der Waals surface area contributed by atoms with Gasteiger partial charge in [-0.25, -0.2) is 20.4 Å². The zero-order valence-corrected chi connectivity index (χ0v) is 16.1. The molecule has 6 nitrogen and oxygen atoms in total. The Kier molecular flexibility index (Phi) is 5.12. The van der Waals surface area contributed by atoms with Gasteiger partial charge in [0.2, 0.25) is 0 Å². The van der Waals surface area contributed by atoms with Crippen LogP contribution in [0.3, 0.4) is 0 Å². The molecular weight excluding hydrogens is 368 g/mol. The van der Waals surface area contributed by atoms with Crippen LogP contribution in [0.25, 0.3) is 0 Å². The van der Waals surface area contributed by atoms with E-state index >= 15 is 0 Å². The van der Waals surface area contributed by atoms with E-state index in [0.717, 1.165) is 49.9 Å². The summed E-state index contributed by atoms with van der Waals surface area (Å²) in [6.45, 7) is 0. The van der Waals surface area contributed by atoms with Crippen LogP contribution in [-0.2, 0) is 25.7 Å². The zero-order valence-electron chi connectivity index (χ0n) is 14.4. The van der Waals surface area contributed by atoms with Crippen LogP contribution in [0.5, 0.6) is 0 Å². The molecule has 4 rings (SSSR count). The second-order valence-electron chi connectivity index (χ2n) is 6.67. The Morgan fingerprint density at radius 3 is 1.58 bits per heavy atom. The first-order valence-corrected chi connectivity index (χ1v) is 10.8. The van der Waals surface area contributed by atoms with Crippen molar-refractivity contribution in [3.05, 3.63) is 31.6 Å². The fourth-order valence-electron chi connectivity index (χ4n) is 3.62. The van der Waals surface area contributed by atoms with Crippen LogP contribution in [-0.4, -0.2) is 12.1 Å². The van der Waals surface area contributed by atoms with Crippen LogP contribution in [0.1, 0.15) is 46.6 Å². The number of hydrogen-bond donors (Lipinski definition) is 4. The Morgan fingerprint density at radius 1 is 0.692 bits per heavy atom. The highest BCUT2D eigenvalue weighted by atomic mass is 32.1. The first kappa shape index (κ1) is 17.4. The molecule has 8 heteroatoms. The summed E-state index contributed by atoms with van der Waals surface area (Å²) in [6, 6.07) is -0.864. The van der Waals surface area contributed by atoms with Crippen molar-refractivity contribution in [2.75, 3.05) is 10.6 Å². The van der Waals surface area contributed by atoms with Crippen LogP contribution in [0, 0.1) is 0 Å². The molecule has 4 N–H and O–H groups in total. The molecule has 0 fully saturated rings. The van der Waals surface area contributed by atoms with E-state index in [1.54, 1.807) is 22.7 Å². The lowest BCUT2D eigenvalue weighted by molar-refractivity contribution is 0.237. The number of carbonyl (C=O) groups is 2. The van der Waals surface area contributed by atoms with Gasteiger partial charge in [-0.3, -0.25) is 0 Å². The summed E-state index contributed by atoms with van der Waals surface area (Å²) in [4.78, 5) is 26.9. The summed E-state index contributed by atoms with van der Waals surface area (Å²) < 4.78 is 0. The minimum absolute atomic E-state index is 0.432. The molecule has 2 aliphatic carbocycles. The first-order chi connectivity index (χ1) is 12.7. The SMILES string of the molecule is O=C(NNC(=O)Nc1csc2c1CCCC2)Nc1csc2c1CCCC2. The molecule has 0 spiro atoms. The Balaban J connectivity index is 1.28. The highest BCUT2D eigenvalue weighted by Gasteiger charge is 2.18. The average molecular weight is 391 g/mol. The molecule has 2 aliphatic rings. The number of carbonyl (C=O) groups excluding carboxylic acids is 2. The Labute approximate surface area is 160 Å². The maximum absolute atomic E-state index is 12.1.